The van der Waals surface area contributed by atoms with Gasteiger partial charge in [-0.1, -0.05) is 37.3 Å². The van der Waals surface area contributed by atoms with Gasteiger partial charge in [-0.2, -0.15) is 0 Å². The fourth-order valence-electron chi connectivity index (χ4n) is 1.49. The first-order valence-corrected chi connectivity index (χ1v) is 4.94. The Bertz CT molecular complexity index is 280. The van der Waals surface area contributed by atoms with Crippen molar-refractivity contribution in [2.75, 3.05) is 0 Å². The van der Waals surface area contributed by atoms with Gasteiger partial charge < -0.3 is 5.11 Å². The van der Waals surface area contributed by atoms with E-state index in [1.54, 1.807) is 0 Å². The van der Waals surface area contributed by atoms with Gasteiger partial charge in [0.1, 0.15) is 0 Å². The van der Waals surface area contributed by atoms with Gasteiger partial charge in [0.05, 0.1) is 0 Å². The van der Waals surface area contributed by atoms with Crippen molar-refractivity contribution in [1.29, 1.82) is 0 Å². The summed E-state index contributed by atoms with van der Waals surface area (Å²) in [5.74, 6) is -0.265. The quantitative estimate of drug-likeness (QED) is 0.778. The molecule has 0 saturated heterocycles. The first-order chi connectivity index (χ1) is 6.68. The van der Waals surface area contributed by atoms with Crippen molar-refractivity contribution in [2.24, 2.45) is 5.92 Å². The van der Waals surface area contributed by atoms with Crippen LogP contribution in [0.25, 0.3) is 0 Å². The molecule has 0 amide bonds. The van der Waals surface area contributed by atoms with Crippen LogP contribution < -0.4 is 0 Å². The van der Waals surface area contributed by atoms with E-state index < -0.39 is 5.97 Å². The summed E-state index contributed by atoms with van der Waals surface area (Å²) in [6.45, 7) is 2.09. The minimum Gasteiger partial charge on any atom is -0.481 e. The molecule has 1 aromatic carbocycles. The van der Waals surface area contributed by atoms with Gasteiger partial charge in [0.15, 0.2) is 0 Å². The third kappa shape index (κ3) is 4.08. The molecule has 14 heavy (non-hydrogen) atoms. The van der Waals surface area contributed by atoms with E-state index in [2.05, 4.69) is 19.1 Å². The largest absolute Gasteiger partial charge is 0.481 e. The van der Waals surface area contributed by atoms with E-state index in [-0.39, 0.29) is 6.42 Å². The zero-order valence-corrected chi connectivity index (χ0v) is 8.44. The lowest BCUT2D eigenvalue weighted by Gasteiger charge is -2.09. The van der Waals surface area contributed by atoms with Crippen molar-refractivity contribution in [1.82, 2.24) is 0 Å². The molecule has 76 valence electrons. The van der Waals surface area contributed by atoms with Crippen LogP contribution in [0.15, 0.2) is 30.3 Å². The summed E-state index contributed by atoms with van der Waals surface area (Å²) in [5.41, 5.74) is 1.28. The molecule has 0 fully saturated rings. The van der Waals surface area contributed by atoms with Crippen LogP contribution in [0, 0.1) is 5.92 Å². The summed E-state index contributed by atoms with van der Waals surface area (Å²) >= 11 is 0. The monoisotopic (exact) mass is 192 g/mol. The van der Waals surface area contributed by atoms with E-state index in [9.17, 15) is 4.79 Å². The SMILES string of the molecule is C[C@@H](CCC(=O)O)Cc1ccccc1. The lowest BCUT2D eigenvalue weighted by Crippen LogP contribution is -2.03. The highest BCUT2D eigenvalue weighted by Crippen LogP contribution is 2.13. The first-order valence-electron chi connectivity index (χ1n) is 4.94. The lowest BCUT2D eigenvalue weighted by atomic mass is 9.97. The van der Waals surface area contributed by atoms with Crippen molar-refractivity contribution in [2.45, 2.75) is 26.2 Å². The van der Waals surface area contributed by atoms with E-state index in [1.165, 1.54) is 5.56 Å². The number of aliphatic carboxylic acids is 1. The Morgan fingerprint density at radius 1 is 1.36 bits per heavy atom. The van der Waals surface area contributed by atoms with Gasteiger partial charge in [0, 0.05) is 6.42 Å². The van der Waals surface area contributed by atoms with Gasteiger partial charge in [0.2, 0.25) is 0 Å². The number of benzene rings is 1. The number of rotatable bonds is 5. The van der Waals surface area contributed by atoms with Crippen molar-refractivity contribution >= 4 is 5.97 Å². The van der Waals surface area contributed by atoms with Crippen LogP contribution in [0.3, 0.4) is 0 Å². The van der Waals surface area contributed by atoms with Crippen LogP contribution in [0.2, 0.25) is 0 Å². The zero-order valence-electron chi connectivity index (χ0n) is 8.44. The maximum Gasteiger partial charge on any atom is 0.303 e. The molecule has 1 N–H and O–H groups in total. The van der Waals surface area contributed by atoms with Crippen molar-refractivity contribution in [3.8, 4) is 0 Å². The van der Waals surface area contributed by atoms with E-state index in [0.29, 0.717) is 5.92 Å². The van der Waals surface area contributed by atoms with E-state index in [4.69, 9.17) is 5.11 Å². The minimum absolute atomic E-state index is 0.272. The average Bonchev–Trinajstić information content (AvgIpc) is 2.16. The second-order valence-electron chi connectivity index (χ2n) is 3.73. The molecule has 0 radical (unpaired) electrons. The predicted octanol–water partition coefficient (Wildman–Crippen LogP) is 2.73. The molecule has 0 unspecified atom stereocenters. The van der Waals surface area contributed by atoms with E-state index in [0.717, 1.165) is 12.8 Å². The summed E-state index contributed by atoms with van der Waals surface area (Å²) < 4.78 is 0. The first kappa shape index (κ1) is 10.8. The topological polar surface area (TPSA) is 37.3 Å². The number of hydrogen-bond donors (Lipinski definition) is 1. The highest BCUT2D eigenvalue weighted by atomic mass is 16.4. The van der Waals surface area contributed by atoms with Gasteiger partial charge in [-0.15, -0.1) is 0 Å². The summed E-state index contributed by atoms with van der Waals surface area (Å²) in [6, 6.07) is 10.2. The lowest BCUT2D eigenvalue weighted by molar-refractivity contribution is -0.137. The molecule has 0 aliphatic rings. The molecule has 1 rings (SSSR count). The molecule has 0 aromatic heterocycles. The van der Waals surface area contributed by atoms with Gasteiger partial charge in [0.25, 0.3) is 0 Å². The average molecular weight is 192 g/mol. The Kier molecular flexibility index (Phi) is 4.17. The second-order valence-corrected chi connectivity index (χ2v) is 3.73. The molecule has 0 bridgehead atoms. The summed E-state index contributed by atoms with van der Waals surface area (Å²) in [7, 11) is 0. The molecular formula is C12H16O2. The Balaban J connectivity index is 2.34. The molecule has 1 atom stereocenters. The normalized spacial score (nSPS) is 12.4. The second kappa shape index (κ2) is 5.43. The van der Waals surface area contributed by atoms with Crippen molar-refractivity contribution in [3.05, 3.63) is 35.9 Å². The Morgan fingerprint density at radius 2 is 2.00 bits per heavy atom. The third-order valence-corrected chi connectivity index (χ3v) is 2.28. The summed E-state index contributed by atoms with van der Waals surface area (Å²) in [4.78, 5) is 10.4. The van der Waals surface area contributed by atoms with Gasteiger partial charge in [-0.3, -0.25) is 4.79 Å². The number of carbonyl (C=O) groups is 1. The standard InChI is InChI=1S/C12H16O2/c1-10(7-8-12(13)14)9-11-5-3-2-4-6-11/h2-6,10H,7-9H2,1H3,(H,13,14)/t10-/m0/s1. The van der Waals surface area contributed by atoms with Crippen molar-refractivity contribution < 1.29 is 9.90 Å². The van der Waals surface area contributed by atoms with E-state index in [1.807, 2.05) is 18.2 Å². The zero-order chi connectivity index (χ0) is 10.4. The molecule has 2 heteroatoms. The maximum absolute atomic E-state index is 10.4. The molecule has 0 aliphatic carbocycles. The predicted molar refractivity (Wildman–Crippen MR) is 56.2 cm³/mol. The van der Waals surface area contributed by atoms with Crippen molar-refractivity contribution in [3.63, 3.8) is 0 Å². The molecule has 0 spiro atoms. The molecule has 2 nitrogen and oxygen atoms in total. The highest BCUT2D eigenvalue weighted by Gasteiger charge is 2.05. The van der Waals surface area contributed by atoms with Crippen LogP contribution in [-0.4, -0.2) is 11.1 Å². The van der Waals surface area contributed by atoms with Gasteiger partial charge >= 0.3 is 5.97 Å². The Hall–Kier alpha value is -1.31. The molecule has 0 aliphatic heterocycles. The number of carboxylic acids is 1. The van der Waals surface area contributed by atoms with Crippen LogP contribution in [0.4, 0.5) is 0 Å². The van der Waals surface area contributed by atoms with Gasteiger partial charge in [-0.05, 0) is 24.3 Å². The fraction of sp³-hybridized carbons (Fsp3) is 0.417. The van der Waals surface area contributed by atoms with E-state index >= 15 is 0 Å². The molecule has 0 heterocycles. The minimum atomic E-state index is -0.704. The molecule has 1 aromatic rings. The van der Waals surface area contributed by atoms with Crippen LogP contribution in [0.5, 0.6) is 0 Å². The summed E-state index contributed by atoms with van der Waals surface area (Å²) in [5, 5.41) is 8.53. The Morgan fingerprint density at radius 3 is 2.57 bits per heavy atom. The van der Waals surface area contributed by atoms with Crippen LogP contribution in [0.1, 0.15) is 25.3 Å². The third-order valence-electron chi connectivity index (χ3n) is 2.28. The summed E-state index contributed by atoms with van der Waals surface area (Å²) in [6.07, 6.45) is 1.99. The van der Waals surface area contributed by atoms with Crippen LogP contribution in [-0.2, 0) is 11.2 Å². The van der Waals surface area contributed by atoms with Gasteiger partial charge in [-0.25, -0.2) is 0 Å². The highest BCUT2D eigenvalue weighted by molar-refractivity contribution is 5.66. The molecule has 0 saturated carbocycles. The van der Waals surface area contributed by atoms with Crippen LogP contribution >= 0.6 is 0 Å². The smallest absolute Gasteiger partial charge is 0.303 e. The number of hydrogen-bond acceptors (Lipinski definition) is 1. The molecular weight excluding hydrogens is 176 g/mol. The maximum atomic E-state index is 10.4. The fourth-order valence-corrected chi connectivity index (χ4v) is 1.49. The Labute approximate surface area is 84.6 Å². The number of carboxylic acid groups (broad SMARTS) is 1.